The molecule has 0 bridgehead atoms. The number of nitrogens with one attached hydrogen (secondary N) is 3. The average Bonchev–Trinajstić information content (AvgIpc) is 3.92. The number of anilines is 2. The van der Waals surface area contributed by atoms with Crippen molar-refractivity contribution in [1.82, 2.24) is 30.2 Å². The van der Waals surface area contributed by atoms with Gasteiger partial charge < -0.3 is 29.9 Å². The van der Waals surface area contributed by atoms with Crippen molar-refractivity contribution in [3.05, 3.63) is 107 Å². The molecule has 3 N–H and O–H groups in total. The fraction of sp³-hybridized carbons (Fsp3) is 0.408. The van der Waals surface area contributed by atoms with Crippen LogP contribution in [0.15, 0.2) is 71.4 Å². The lowest BCUT2D eigenvalue weighted by Gasteiger charge is -2.37. The maximum absolute atomic E-state index is 14.6. The molecule has 16 heteroatoms. The lowest BCUT2D eigenvalue weighted by molar-refractivity contribution is -0.125. The molecule has 0 spiro atoms. The van der Waals surface area contributed by atoms with Crippen molar-refractivity contribution in [3.63, 3.8) is 0 Å². The zero-order valence-electron chi connectivity index (χ0n) is 36.6. The van der Waals surface area contributed by atoms with E-state index in [0.717, 1.165) is 83.4 Å². The summed E-state index contributed by atoms with van der Waals surface area (Å²) in [5.74, 6) is -2.17. The molecular formula is C49H52F2N8O6. The molecule has 3 aromatic carbocycles. The van der Waals surface area contributed by atoms with E-state index in [9.17, 15) is 32.8 Å². The zero-order valence-corrected chi connectivity index (χ0v) is 36.6. The van der Waals surface area contributed by atoms with Crippen molar-refractivity contribution in [2.75, 3.05) is 16.8 Å². The maximum Gasteiger partial charge on any atom is 0.264 e. The molecule has 1 aliphatic carbocycles. The number of carbonyl (C=O) groups excluding carboxylic acids is 5. The Morgan fingerprint density at radius 2 is 1.68 bits per heavy atom. The number of hydrogen-bond donors (Lipinski definition) is 3. The average molecular weight is 887 g/mol. The lowest BCUT2D eigenvalue weighted by Crippen LogP contribution is -2.51. The number of allylic oxidation sites excluding steroid dienone is 1. The zero-order chi connectivity index (χ0) is 45.5. The fourth-order valence-electron chi connectivity index (χ4n) is 10.2. The molecule has 9 rings (SSSR count). The van der Waals surface area contributed by atoms with Crippen LogP contribution in [-0.2, 0) is 14.4 Å². The number of nitrogens with zero attached hydrogens (tertiary/aromatic N) is 5. The van der Waals surface area contributed by atoms with Crippen molar-refractivity contribution in [2.24, 2.45) is 0 Å². The molecule has 3 aliphatic heterocycles. The summed E-state index contributed by atoms with van der Waals surface area (Å²) in [5.41, 5.74) is 6.16. The van der Waals surface area contributed by atoms with E-state index in [-0.39, 0.29) is 47.1 Å². The summed E-state index contributed by atoms with van der Waals surface area (Å²) in [6.45, 7) is 8.08. The van der Waals surface area contributed by atoms with Gasteiger partial charge in [-0.3, -0.25) is 28.9 Å². The van der Waals surface area contributed by atoms with Gasteiger partial charge in [0.25, 0.3) is 11.8 Å². The summed E-state index contributed by atoms with van der Waals surface area (Å²) in [5, 5.41) is 13.3. The van der Waals surface area contributed by atoms with Gasteiger partial charge in [0, 0.05) is 60.2 Å². The third kappa shape index (κ3) is 8.41. The van der Waals surface area contributed by atoms with Gasteiger partial charge in [-0.1, -0.05) is 30.3 Å². The summed E-state index contributed by atoms with van der Waals surface area (Å²) in [4.78, 5) is 74.0. The summed E-state index contributed by atoms with van der Waals surface area (Å²) < 4.78 is 36.4. The molecule has 3 fully saturated rings. The van der Waals surface area contributed by atoms with E-state index >= 15 is 0 Å². The molecule has 2 atom stereocenters. The van der Waals surface area contributed by atoms with Crippen LogP contribution in [0.3, 0.4) is 0 Å². The lowest BCUT2D eigenvalue weighted by atomic mass is 9.90. The first kappa shape index (κ1) is 43.5. The maximum atomic E-state index is 14.6. The highest BCUT2D eigenvalue weighted by Gasteiger charge is 2.45. The fourth-order valence-corrected chi connectivity index (χ4v) is 10.2. The standard InChI is InChI=1S/C49H52F2N8O6/c1-27-14-22-41(47(62)53-27)59-48(63)34-9-7-10-37(45(34)49(59)64)52-24-6-4-5-12-42(60)54-31-16-18-32(19-17-31)58-39-23-15-30(44-28(2)56-65-29(44)3)25-38(39)55-46(58)40-11-8-13-43(61)57(40)33-20-21-35(50)36(51)26-33/h7,9-10,15,20-21,23,25-26,31-32,40-41,52H,1,4-6,8,11-14,16-19,22,24H2,2-3H3,(H,53,62)(H,54,60)/t31?,32?,40-,41?/m0/s1. The minimum atomic E-state index is -1.02. The summed E-state index contributed by atoms with van der Waals surface area (Å²) in [6, 6.07) is 13.4. The highest BCUT2D eigenvalue weighted by Crippen LogP contribution is 2.42. The second-order valence-electron chi connectivity index (χ2n) is 17.7. The number of aryl methyl sites for hydroxylation is 2. The molecule has 2 saturated heterocycles. The van der Waals surface area contributed by atoms with E-state index in [1.54, 1.807) is 23.1 Å². The second kappa shape index (κ2) is 18.0. The molecule has 5 heterocycles. The second-order valence-corrected chi connectivity index (χ2v) is 17.7. The van der Waals surface area contributed by atoms with Gasteiger partial charge in [0.1, 0.15) is 17.6 Å². The number of aromatic nitrogens is 3. The topological polar surface area (TPSA) is 172 Å². The van der Waals surface area contributed by atoms with Gasteiger partial charge in [-0.2, -0.15) is 0 Å². The number of imidazole rings is 1. The van der Waals surface area contributed by atoms with Crippen LogP contribution < -0.4 is 20.9 Å². The van der Waals surface area contributed by atoms with Crippen molar-refractivity contribution in [1.29, 1.82) is 0 Å². The molecule has 2 aromatic heterocycles. The molecule has 0 radical (unpaired) electrons. The first-order valence-electron chi connectivity index (χ1n) is 22.6. The number of imide groups is 1. The SMILES string of the molecule is C=C1CCC(N2C(=O)c3cccc(NCCCCCC(=O)NC4CCC(n5c([C@@H]6CCCC(=O)N6c6ccc(F)c(F)c6)nc6cc(-c7c(C)noc7C)ccc65)CC4)c3C2=O)C(=O)N1. The van der Waals surface area contributed by atoms with E-state index in [2.05, 4.69) is 32.3 Å². The number of unbranched alkanes of at least 4 members (excludes halogenated alkanes) is 2. The Labute approximate surface area is 374 Å². The van der Waals surface area contributed by atoms with Crippen LogP contribution in [0.5, 0.6) is 0 Å². The number of fused-ring (bicyclic) bond motifs is 2. The molecule has 65 heavy (non-hydrogen) atoms. The Bertz CT molecular complexity index is 2720. The van der Waals surface area contributed by atoms with Crippen LogP contribution in [-0.4, -0.2) is 67.8 Å². The van der Waals surface area contributed by atoms with Crippen molar-refractivity contribution in [3.8, 4) is 11.1 Å². The monoisotopic (exact) mass is 886 g/mol. The van der Waals surface area contributed by atoms with Gasteiger partial charge in [0.05, 0.1) is 33.9 Å². The first-order chi connectivity index (χ1) is 31.4. The minimum absolute atomic E-state index is 0.00163. The van der Waals surface area contributed by atoms with Crippen LogP contribution in [0, 0.1) is 25.5 Å². The quantitative estimate of drug-likeness (QED) is 0.0775. The largest absolute Gasteiger partial charge is 0.384 e. The molecule has 1 unspecified atom stereocenters. The van der Waals surface area contributed by atoms with E-state index in [1.165, 1.54) is 6.07 Å². The Kier molecular flexibility index (Phi) is 12.1. The van der Waals surface area contributed by atoms with E-state index in [0.29, 0.717) is 68.0 Å². The third-order valence-corrected chi connectivity index (χ3v) is 13.4. The molecule has 1 saturated carbocycles. The van der Waals surface area contributed by atoms with Crippen LogP contribution >= 0.6 is 0 Å². The highest BCUT2D eigenvalue weighted by molar-refractivity contribution is 6.25. The van der Waals surface area contributed by atoms with Crippen LogP contribution in [0.2, 0.25) is 0 Å². The van der Waals surface area contributed by atoms with Crippen molar-refractivity contribution >= 4 is 51.9 Å². The van der Waals surface area contributed by atoms with E-state index in [1.807, 2.05) is 32.0 Å². The van der Waals surface area contributed by atoms with Gasteiger partial charge >= 0.3 is 0 Å². The summed E-state index contributed by atoms with van der Waals surface area (Å²) in [6.07, 6.45) is 7.89. The Morgan fingerprint density at radius 3 is 2.43 bits per heavy atom. The third-order valence-electron chi connectivity index (χ3n) is 13.4. The minimum Gasteiger partial charge on any atom is -0.384 e. The predicted molar refractivity (Wildman–Crippen MR) is 239 cm³/mol. The Balaban J connectivity index is 0.821. The molecule has 338 valence electrons. The predicted octanol–water partition coefficient (Wildman–Crippen LogP) is 8.51. The summed E-state index contributed by atoms with van der Waals surface area (Å²) in [7, 11) is 0. The van der Waals surface area contributed by atoms with Crippen LogP contribution in [0.4, 0.5) is 20.2 Å². The van der Waals surface area contributed by atoms with Crippen LogP contribution in [0.25, 0.3) is 22.2 Å². The molecule has 5 amide bonds. The molecular weight excluding hydrogens is 835 g/mol. The van der Waals surface area contributed by atoms with Crippen molar-refractivity contribution < 1.29 is 37.3 Å². The first-order valence-corrected chi connectivity index (χ1v) is 22.6. The van der Waals surface area contributed by atoms with Crippen molar-refractivity contribution in [2.45, 2.75) is 121 Å². The van der Waals surface area contributed by atoms with Gasteiger partial charge in [0.15, 0.2) is 11.6 Å². The Hall–Kier alpha value is -6.71. The number of carbonyl (C=O) groups is 5. The number of benzene rings is 3. The number of piperidine rings is 2. The molecule has 14 nitrogen and oxygen atoms in total. The Morgan fingerprint density at radius 1 is 0.862 bits per heavy atom. The smallest absolute Gasteiger partial charge is 0.264 e. The molecule has 5 aromatic rings. The van der Waals surface area contributed by atoms with Gasteiger partial charge in [-0.05, 0) is 120 Å². The van der Waals surface area contributed by atoms with Gasteiger partial charge in [-0.15, -0.1) is 0 Å². The highest BCUT2D eigenvalue weighted by atomic mass is 19.2. The normalized spacial score (nSPS) is 21.3. The van der Waals surface area contributed by atoms with Crippen LogP contribution in [0.1, 0.15) is 134 Å². The van der Waals surface area contributed by atoms with E-state index < -0.39 is 41.4 Å². The molecule has 4 aliphatic rings. The number of amides is 5. The number of hydrogen-bond acceptors (Lipinski definition) is 9. The van der Waals surface area contributed by atoms with E-state index in [4.69, 9.17) is 9.51 Å². The number of halogens is 2. The van der Waals surface area contributed by atoms with Gasteiger partial charge in [-0.25, -0.2) is 13.8 Å². The summed E-state index contributed by atoms with van der Waals surface area (Å²) >= 11 is 0. The number of rotatable bonds is 13. The van der Waals surface area contributed by atoms with Gasteiger partial charge in [0.2, 0.25) is 17.7 Å².